The van der Waals surface area contributed by atoms with Crippen molar-refractivity contribution >= 4 is 28.4 Å². The van der Waals surface area contributed by atoms with E-state index in [1.54, 1.807) is 25.1 Å². The van der Waals surface area contributed by atoms with Gasteiger partial charge in [0, 0.05) is 11.3 Å². The number of amides is 2. The fourth-order valence-corrected chi connectivity index (χ4v) is 3.20. The second-order valence-electron chi connectivity index (χ2n) is 6.59. The van der Waals surface area contributed by atoms with Gasteiger partial charge in [-0.3, -0.25) is 14.6 Å². The molecule has 25 heavy (non-hydrogen) atoms. The largest absolute Gasteiger partial charge is 0.344 e. The summed E-state index contributed by atoms with van der Waals surface area (Å²) in [7, 11) is 0. The zero-order valence-corrected chi connectivity index (χ0v) is 14.2. The van der Waals surface area contributed by atoms with Crippen LogP contribution in [0.15, 0.2) is 30.5 Å². The number of benzene rings is 1. The predicted molar refractivity (Wildman–Crippen MR) is 94.5 cm³/mol. The molecule has 0 bridgehead atoms. The van der Waals surface area contributed by atoms with Gasteiger partial charge >= 0.3 is 0 Å². The average Bonchev–Trinajstić information content (AvgIpc) is 2.62. The van der Waals surface area contributed by atoms with Crippen LogP contribution in [0.5, 0.6) is 0 Å². The van der Waals surface area contributed by atoms with Crippen molar-refractivity contribution in [1.82, 2.24) is 10.3 Å². The van der Waals surface area contributed by atoms with E-state index in [9.17, 15) is 14.0 Å². The molecule has 1 unspecified atom stereocenters. The standard InChI is InChI=1S/C19H22FN3O2/c1-12(22-19(25)13-6-3-2-4-7-13)18(24)23-15-10-14-8-5-9-16(20)17(14)21-11-15/h5,8-13H,2-4,6-7H2,1H3,(H,22,25)(H,23,24). The molecule has 1 aromatic carbocycles. The van der Waals surface area contributed by atoms with Crippen LogP contribution in [-0.4, -0.2) is 22.8 Å². The van der Waals surface area contributed by atoms with Crippen LogP contribution in [-0.2, 0) is 9.59 Å². The van der Waals surface area contributed by atoms with Crippen molar-refractivity contribution < 1.29 is 14.0 Å². The molecule has 0 spiro atoms. The first-order chi connectivity index (χ1) is 12.0. The molecule has 1 atom stereocenters. The van der Waals surface area contributed by atoms with Crippen LogP contribution in [0.3, 0.4) is 0 Å². The summed E-state index contributed by atoms with van der Waals surface area (Å²) in [6.45, 7) is 1.66. The van der Waals surface area contributed by atoms with Gasteiger partial charge < -0.3 is 10.6 Å². The number of nitrogens with zero attached hydrogens (tertiary/aromatic N) is 1. The van der Waals surface area contributed by atoms with Gasteiger partial charge in [0.2, 0.25) is 11.8 Å². The highest BCUT2D eigenvalue weighted by Crippen LogP contribution is 2.24. The van der Waals surface area contributed by atoms with E-state index in [1.807, 2.05) is 0 Å². The molecule has 2 aromatic rings. The Kier molecular flexibility index (Phi) is 5.26. The maximum absolute atomic E-state index is 13.6. The molecule has 132 valence electrons. The Bertz CT molecular complexity index is 787. The monoisotopic (exact) mass is 343 g/mol. The number of carbonyl (C=O) groups excluding carboxylic acids is 2. The number of hydrogen-bond donors (Lipinski definition) is 2. The molecule has 1 fully saturated rings. The molecule has 1 saturated carbocycles. The van der Waals surface area contributed by atoms with Crippen molar-refractivity contribution in [3.8, 4) is 0 Å². The fraction of sp³-hybridized carbons (Fsp3) is 0.421. The third kappa shape index (κ3) is 4.13. The number of fused-ring (bicyclic) bond motifs is 1. The second kappa shape index (κ2) is 7.59. The minimum absolute atomic E-state index is 0.00862. The third-order valence-electron chi connectivity index (χ3n) is 4.66. The van der Waals surface area contributed by atoms with Crippen molar-refractivity contribution in [2.45, 2.75) is 45.1 Å². The molecule has 0 aliphatic heterocycles. The summed E-state index contributed by atoms with van der Waals surface area (Å²) in [5.74, 6) is -0.763. The molecule has 0 saturated heterocycles. The molecule has 2 N–H and O–H groups in total. The maximum atomic E-state index is 13.6. The minimum Gasteiger partial charge on any atom is -0.344 e. The van der Waals surface area contributed by atoms with Crippen LogP contribution in [0.1, 0.15) is 39.0 Å². The van der Waals surface area contributed by atoms with Crippen LogP contribution >= 0.6 is 0 Å². The van der Waals surface area contributed by atoms with E-state index < -0.39 is 11.9 Å². The Hall–Kier alpha value is -2.50. The van der Waals surface area contributed by atoms with Crippen LogP contribution in [0.25, 0.3) is 10.9 Å². The van der Waals surface area contributed by atoms with Gasteiger partial charge in [0.05, 0.1) is 11.9 Å². The molecular formula is C19H22FN3O2. The lowest BCUT2D eigenvalue weighted by molar-refractivity contribution is -0.129. The number of nitrogens with one attached hydrogen (secondary N) is 2. The molecular weight excluding hydrogens is 321 g/mol. The van der Waals surface area contributed by atoms with E-state index in [0.717, 1.165) is 25.7 Å². The molecule has 1 aliphatic rings. The summed E-state index contributed by atoms with van der Waals surface area (Å²) in [4.78, 5) is 28.6. The Morgan fingerprint density at radius 3 is 2.76 bits per heavy atom. The Labute approximate surface area is 146 Å². The summed E-state index contributed by atoms with van der Waals surface area (Å²) in [5, 5.41) is 6.12. The number of para-hydroxylation sites is 1. The lowest BCUT2D eigenvalue weighted by atomic mass is 9.88. The minimum atomic E-state index is -0.641. The van der Waals surface area contributed by atoms with Crippen molar-refractivity contribution in [3.63, 3.8) is 0 Å². The van der Waals surface area contributed by atoms with E-state index in [2.05, 4.69) is 15.6 Å². The topological polar surface area (TPSA) is 71.1 Å². The van der Waals surface area contributed by atoms with Crippen LogP contribution in [0.2, 0.25) is 0 Å². The molecule has 1 heterocycles. The van der Waals surface area contributed by atoms with Crippen molar-refractivity contribution in [2.24, 2.45) is 5.92 Å². The summed E-state index contributed by atoms with van der Waals surface area (Å²) in [5.41, 5.74) is 0.737. The molecule has 1 aliphatic carbocycles. The SMILES string of the molecule is CC(NC(=O)C1CCCCC1)C(=O)Nc1cnc2c(F)cccc2c1. The van der Waals surface area contributed by atoms with Crippen molar-refractivity contribution in [1.29, 1.82) is 0 Å². The van der Waals surface area contributed by atoms with E-state index in [4.69, 9.17) is 0 Å². The summed E-state index contributed by atoms with van der Waals surface area (Å²) >= 11 is 0. The number of rotatable bonds is 4. The number of aromatic nitrogens is 1. The van der Waals surface area contributed by atoms with Crippen molar-refractivity contribution in [2.75, 3.05) is 5.32 Å². The number of halogens is 1. The molecule has 5 nitrogen and oxygen atoms in total. The third-order valence-corrected chi connectivity index (χ3v) is 4.66. The summed E-state index contributed by atoms with van der Waals surface area (Å²) in [6, 6.07) is 5.69. The Morgan fingerprint density at radius 2 is 2.00 bits per heavy atom. The zero-order valence-electron chi connectivity index (χ0n) is 14.2. The quantitative estimate of drug-likeness (QED) is 0.894. The summed E-state index contributed by atoms with van der Waals surface area (Å²) in [6.07, 6.45) is 6.50. The number of carbonyl (C=O) groups is 2. The van der Waals surface area contributed by atoms with Crippen LogP contribution < -0.4 is 10.6 Å². The van der Waals surface area contributed by atoms with Crippen molar-refractivity contribution in [3.05, 3.63) is 36.3 Å². The van der Waals surface area contributed by atoms with E-state index >= 15 is 0 Å². The molecule has 3 rings (SSSR count). The van der Waals surface area contributed by atoms with Gasteiger partial charge in [-0.2, -0.15) is 0 Å². The Morgan fingerprint density at radius 1 is 1.24 bits per heavy atom. The van der Waals surface area contributed by atoms with E-state index in [1.165, 1.54) is 18.7 Å². The predicted octanol–water partition coefficient (Wildman–Crippen LogP) is 3.40. The second-order valence-corrected chi connectivity index (χ2v) is 6.59. The zero-order chi connectivity index (χ0) is 17.8. The average molecular weight is 343 g/mol. The molecule has 2 amide bonds. The van der Waals surface area contributed by atoms with E-state index in [-0.39, 0.29) is 23.2 Å². The Balaban J connectivity index is 1.62. The maximum Gasteiger partial charge on any atom is 0.246 e. The normalized spacial score (nSPS) is 16.4. The lowest BCUT2D eigenvalue weighted by Crippen LogP contribution is -2.44. The highest BCUT2D eigenvalue weighted by Gasteiger charge is 2.24. The van der Waals surface area contributed by atoms with Gasteiger partial charge in [-0.15, -0.1) is 0 Å². The first-order valence-electron chi connectivity index (χ1n) is 8.70. The fourth-order valence-electron chi connectivity index (χ4n) is 3.20. The molecule has 6 heteroatoms. The number of anilines is 1. The van der Waals surface area contributed by atoms with E-state index in [0.29, 0.717) is 11.1 Å². The lowest BCUT2D eigenvalue weighted by Gasteiger charge is -2.23. The van der Waals surface area contributed by atoms with Crippen LogP contribution in [0.4, 0.5) is 10.1 Å². The number of pyridine rings is 1. The molecule has 0 radical (unpaired) electrons. The van der Waals surface area contributed by atoms with Gasteiger partial charge in [-0.25, -0.2) is 4.39 Å². The number of hydrogen-bond acceptors (Lipinski definition) is 3. The highest BCUT2D eigenvalue weighted by molar-refractivity contribution is 5.98. The summed E-state index contributed by atoms with van der Waals surface area (Å²) < 4.78 is 13.6. The van der Waals surface area contributed by atoms with Gasteiger partial charge in [0.15, 0.2) is 0 Å². The molecule has 1 aromatic heterocycles. The van der Waals surface area contributed by atoms with Crippen LogP contribution in [0, 0.1) is 11.7 Å². The smallest absolute Gasteiger partial charge is 0.246 e. The first-order valence-corrected chi connectivity index (χ1v) is 8.70. The first kappa shape index (κ1) is 17.3. The van der Waals surface area contributed by atoms with Gasteiger partial charge in [0.1, 0.15) is 17.4 Å². The van der Waals surface area contributed by atoms with Gasteiger partial charge in [-0.05, 0) is 31.9 Å². The van der Waals surface area contributed by atoms with Gasteiger partial charge in [-0.1, -0.05) is 31.4 Å². The van der Waals surface area contributed by atoms with Gasteiger partial charge in [0.25, 0.3) is 0 Å². The highest BCUT2D eigenvalue weighted by atomic mass is 19.1.